The van der Waals surface area contributed by atoms with Crippen LogP contribution in [0.1, 0.15) is 35.0 Å². The minimum absolute atomic E-state index is 0.172. The predicted molar refractivity (Wildman–Crippen MR) is 115 cm³/mol. The zero-order valence-corrected chi connectivity index (χ0v) is 17.8. The van der Waals surface area contributed by atoms with Gasteiger partial charge in [0.1, 0.15) is 17.2 Å². The minimum atomic E-state index is -4.46. The summed E-state index contributed by atoms with van der Waals surface area (Å²) in [7, 11) is 1.51. The summed E-state index contributed by atoms with van der Waals surface area (Å²) in [4.78, 5) is 13.3. The molecule has 0 radical (unpaired) electrons. The molecule has 3 aromatic heterocycles. The van der Waals surface area contributed by atoms with E-state index in [1.54, 1.807) is 35.3 Å². The van der Waals surface area contributed by atoms with Gasteiger partial charge in [0.2, 0.25) is 11.7 Å². The van der Waals surface area contributed by atoms with Crippen molar-refractivity contribution in [2.75, 3.05) is 7.11 Å². The normalized spacial score (nSPS) is 15.5. The number of pyridine rings is 1. The van der Waals surface area contributed by atoms with E-state index in [0.717, 1.165) is 11.8 Å². The van der Waals surface area contributed by atoms with Gasteiger partial charge in [0, 0.05) is 18.3 Å². The van der Waals surface area contributed by atoms with E-state index in [4.69, 9.17) is 4.74 Å². The van der Waals surface area contributed by atoms with Crippen molar-refractivity contribution in [2.45, 2.75) is 25.4 Å². The standard InChI is InChI=1S/C23H19F3N6O/c1-14-12-31(13-27-14)19-10-9-18(28-22(19)33-2)20-29-21-16(7-5-11-32(21)30-20)15-6-3-4-8-17(15)23(24,25)26/h3-6,8-13,16H,7H2,1-2H3/t16-/m0/s1. The smallest absolute Gasteiger partial charge is 0.416 e. The number of fused-ring (bicyclic) bond motifs is 1. The largest absolute Gasteiger partial charge is 0.479 e. The number of hydrogen-bond donors (Lipinski definition) is 0. The maximum atomic E-state index is 13.6. The molecular formula is C23H19F3N6O. The van der Waals surface area contributed by atoms with Crippen LogP contribution in [0.4, 0.5) is 13.2 Å². The van der Waals surface area contributed by atoms with Crippen molar-refractivity contribution in [3.05, 3.63) is 77.6 Å². The van der Waals surface area contributed by atoms with Crippen LogP contribution in [0, 0.1) is 6.92 Å². The topological polar surface area (TPSA) is 70.7 Å². The number of ether oxygens (including phenoxy) is 1. The highest BCUT2D eigenvalue weighted by Gasteiger charge is 2.37. The first-order valence-electron chi connectivity index (χ1n) is 10.2. The van der Waals surface area contributed by atoms with Crippen LogP contribution < -0.4 is 4.74 Å². The van der Waals surface area contributed by atoms with Crippen LogP contribution in [0.15, 0.2) is 55.0 Å². The molecule has 33 heavy (non-hydrogen) atoms. The maximum absolute atomic E-state index is 13.6. The van der Waals surface area contributed by atoms with Gasteiger partial charge in [0.15, 0.2) is 0 Å². The van der Waals surface area contributed by atoms with Crippen LogP contribution in [0.5, 0.6) is 5.88 Å². The number of halogens is 3. The lowest BCUT2D eigenvalue weighted by molar-refractivity contribution is -0.138. The molecule has 0 aliphatic carbocycles. The van der Waals surface area contributed by atoms with Crippen molar-refractivity contribution in [2.24, 2.45) is 0 Å². The molecule has 0 saturated carbocycles. The predicted octanol–water partition coefficient (Wildman–Crippen LogP) is 4.87. The average molecular weight is 452 g/mol. The summed E-state index contributed by atoms with van der Waals surface area (Å²) < 4.78 is 49.6. The van der Waals surface area contributed by atoms with Crippen LogP contribution in [0.25, 0.3) is 23.4 Å². The SMILES string of the molecule is COc1nc(-c2nc3n(n2)C=CC[C@H]3c2ccccc2C(F)(F)F)ccc1-n1cnc(C)c1. The zero-order chi connectivity index (χ0) is 23.2. The molecule has 0 unspecified atom stereocenters. The molecular weight excluding hydrogens is 433 g/mol. The fourth-order valence-electron chi connectivity index (χ4n) is 3.98. The molecule has 10 heteroatoms. The molecule has 1 aliphatic rings. The van der Waals surface area contributed by atoms with E-state index < -0.39 is 17.7 Å². The Hall–Kier alpha value is -3.95. The fourth-order valence-corrected chi connectivity index (χ4v) is 3.98. The highest BCUT2D eigenvalue weighted by Crippen LogP contribution is 2.40. The summed E-state index contributed by atoms with van der Waals surface area (Å²) in [5.41, 5.74) is 1.50. The Kier molecular flexibility index (Phi) is 4.99. The third kappa shape index (κ3) is 3.77. The van der Waals surface area contributed by atoms with Gasteiger partial charge in [0.25, 0.3) is 0 Å². The monoisotopic (exact) mass is 452 g/mol. The molecule has 0 N–H and O–H groups in total. The molecule has 7 nitrogen and oxygen atoms in total. The summed E-state index contributed by atoms with van der Waals surface area (Å²) in [6.45, 7) is 1.88. The lowest BCUT2D eigenvalue weighted by atomic mass is 9.89. The van der Waals surface area contributed by atoms with Gasteiger partial charge < -0.3 is 9.30 Å². The van der Waals surface area contributed by atoms with Gasteiger partial charge in [-0.2, -0.15) is 13.2 Å². The van der Waals surface area contributed by atoms with Crippen LogP contribution >= 0.6 is 0 Å². The van der Waals surface area contributed by atoms with E-state index in [0.29, 0.717) is 35.3 Å². The number of aromatic nitrogens is 6. The molecule has 168 valence electrons. The highest BCUT2D eigenvalue weighted by molar-refractivity contribution is 5.56. The van der Waals surface area contributed by atoms with Crippen LogP contribution in [-0.2, 0) is 6.18 Å². The molecule has 0 bridgehead atoms. The third-order valence-electron chi connectivity index (χ3n) is 5.48. The Labute approximate surface area is 187 Å². The van der Waals surface area contributed by atoms with E-state index in [-0.39, 0.29) is 5.56 Å². The number of rotatable bonds is 4. The first-order chi connectivity index (χ1) is 15.8. The van der Waals surface area contributed by atoms with Crippen molar-refractivity contribution in [3.63, 3.8) is 0 Å². The molecule has 0 amide bonds. The van der Waals surface area contributed by atoms with E-state index in [1.165, 1.54) is 23.9 Å². The second-order valence-electron chi connectivity index (χ2n) is 7.64. The first-order valence-corrected chi connectivity index (χ1v) is 10.2. The number of benzene rings is 1. The second-order valence-corrected chi connectivity index (χ2v) is 7.64. The Bertz CT molecular complexity index is 1350. The van der Waals surface area contributed by atoms with Crippen LogP contribution in [0.2, 0.25) is 0 Å². The fraction of sp³-hybridized carbons (Fsp3) is 0.217. The van der Waals surface area contributed by atoms with Crippen molar-refractivity contribution in [3.8, 4) is 23.1 Å². The number of nitrogens with zero attached hydrogens (tertiary/aromatic N) is 6. The lowest BCUT2D eigenvalue weighted by Crippen LogP contribution is -2.16. The summed E-state index contributed by atoms with van der Waals surface area (Å²) in [5.74, 6) is 0.508. The summed E-state index contributed by atoms with van der Waals surface area (Å²) >= 11 is 0. The Balaban J connectivity index is 1.55. The number of imidazole rings is 1. The summed E-state index contributed by atoms with van der Waals surface area (Å²) in [6.07, 6.45) is 2.94. The summed E-state index contributed by atoms with van der Waals surface area (Å²) in [6, 6.07) is 9.15. The van der Waals surface area contributed by atoms with Crippen LogP contribution in [-0.4, -0.2) is 36.4 Å². The van der Waals surface area contributed by atoms with Gasteiger partial charge in [0.05, 0.1) is 24.7 Å². The molecule has 0 fully saturated rings. The van der Waals surface area contributed by atoms with Gasteiger partial charge in [-0.3, -0.25) is 0 Å². The van der Waals surface area contributed by atoms with Crippen LogP contribution in [0.3, 0.4) is 0 Å². The molecule has 1 aliphatic heterocycles. The average Bonchev–Trinajstić information content (AvgIpc) is 3.44. The third-order valence-corrected chi connectivity index (χ3v) is 5.48. The maximum Gasteiger partial charge on any atom is 0.416 e. The van der Waals surface area contributed by atoms with Gasteiger partial charge in [-0.15, -0.1) is 5.10 Å². The van der Waals surface area contributed by atoms with Gasteiger partial charge in [-0.05, 0) is 37.1 Å². The van der Waals surface area contributed by atoms with E-state index in [2.05, 4.69) is 20.1 Å². The molecule has 0 saturated heterocycles. The van der Waals surface area contributed by atoms with Gasteiger partial charge in [-0.25, -0.2) is 19.6 Å². The Morgan fingerprint density at radius 2 is 1.91 bits per heavy atom. The van der Waals surface area contributed by atoms with Gasteiger partial charge in [-0.1, -0.05) is 24.3 Å². The zero-order valence-electron chi connectivity index (χ0n) is 17.8. The molecule has 0 spiro atoms. The van der Waals surface area contributed by atoms with Crippen molar-refractivity contribution < 1.29 is 17.9 Å². The number of methoxy groups -OCH3 is 1. The number of alkyl halides is 3. The first kappa shape index (κ1) is 20.9. The molecule has 5 rings (SSSR count). The van der Waals surface area contributed by atoms with E-state index in [1.807, 2.05) is 19.2 Å². The van der Waals surface area contributed by atoms with E-state index in [9.17, 15) is 13.2 Å². The molecule has 4 heterocycles. The summed E-state index contributed by atoms with van der Waals surface area (Å²) in [5, 5.41) is 4.47. The van der Waals surface area contributed by atoms with Crippen molar-refractivity contribution >= 4 is 6.20 Å². The molecule has 1 aromatic carbocycles. The van der Waals surface area contributed by atoms with Gasteiger partial charge >= 0.3 is 6.18 Å². The minimum Gasteiger partial charge on any atom is -0.479 e. The number of aryl methyl sites for hydroxylation is 1. The highest BCUT2D eigenvalue weighted by atomic mass is 19.4. The van der Waals surface area contributed by atoms with Crippen molar-refractivity contribution in [1.29, 1.82) is 0 Å². The Morgan fingerprint density at radius 3 is 2.64 bits per heavy atom. The Morgan fingerprint density at radius 1 is 1.09 bits per heavy atom. The second kappa shape index (κ2) is 7.88. The molecule has 1 atom stereocenters. The number of hydrogen-bond acceptors (Lipinski definition) is 5. The molecule has 4 aromatic rings. The quantitative estimate of drug-likeness (QED) is 0.442. The lowest BCUT2D eigenvalue weighted by Gasteiger charge is -2.22. The van der Waals surface area contributed by atoms with E-state index >= 15 is 0 Å². The van der Waals surface area contributed by atoms with Crippen molar-refractivity contribution in [1.82, 2.24) is 29.3 Å². The number of allylic oxidation sites excluding steroid dienone is 1.